The van der Waals surface area contributed by atoms with Crippen LogP contribution in [0.5, 0.6) is 0 Å². The number of alkyl halides is 3. The third-order valence-corrected chi connectivity index (χ3v) is 1.27. The monoisotopic (exact) mass is 235 g/mol. The molecule has 0 amide bonds. The van der Waals surface area contributed by atoms with Crippen molar-refractivity contribution in [3.8, 4) is 0 Å². The van der Waals surface area contributed by atoms with Gasteiger partial charge >= 0.3 is 6.18 Å². The Morgan fingerprint density at radius 3 is 2.33 bits per heavy atom. The zero-order chi connectivity index (χ0) is 8.48. The van der Waals surface area contributed by atoms with Crippen LogP contribution >= 0.6 is 11.6 Å². The van der Waals surface area contributed by atoms with Gasteiger partial charge in [-0.25, -0.2) is 0 Å². The second-order valence-corrected chi connectivity index (χ2v) is 2.11. The van der Waals surface area contributed by atoms with Gasteiger partial charge in [-0.05, 0) is 5.56 Å². The van der Waals surface area contributed by atoms with E-state index in [4.69, 9.17) is 11.6 Å². The number of halogens is 4. The van der Waals surface area contributed by atoms with E-state index in [-0.39, 0.29) is 17.1 Å². The summed E-state index contributed by atoms with van der Waals surface area (Å²) in [6, 6.07) is 3.02. The molecule has 0 spiro atoms. The summed E-state index contributed by atoms with van der Waals surface area (Å²) in [5.41, 5.74) is -1.03. The first kappa shape index (κ1) is 11.7. The van der Waals surface area contributed by atoms with Crippen molar-refractivity contribution < 1.29 is 30.2 Å². The summed E-state index contributed by atoms with van der Waals surface area (Å²) >= 11 is 5.15. The van der Waals surface area contributed by atoms with Crippen molar-refractivity contribution in [3.63, 3.8) is 0 Å². The van der Waals surface area contributed by atoms with Gasteiger partial charge in [-0.2, -0.15) is 25.3 Å². The Hall–Kier alpha value is -0.251. The van der Waals surface area contributed by atoms with Crippen LogP contribution in [0.4, 0.5) is 13.2 Å². The second-order valence-electron chi connectivity index (χ2n) is 1.75. The van der Waals surface area contributed by atoms with Gasteiger partial charge in [0.25, 0.3) is 0 Å². The van der Waals surface area contributed by atoms with Crippen LogP contribution < -0.4 is 0 Å². The quantitative estimate of drug-likeness (QED) is 0.383. The number of nitrogens with zero attached hydrogens (tertiary/aromatic N) is 1. The standard InChI is InChI=1S/C6H2ClF3N.Mn/c7-5-4(6(8,9)10)2-1-3-11-5;/h1,3H;/q-1;. The molecule has 6 heteroatoms. The van der Waals surface area contributed by atoms with Gasteiger partial charge < -0.3 is 4.98 Å². The summed E-state index contributed by atoms with van der Waals surface area (Å²) in [5.74, 6) is 0. The normalized spacial score (nSPS) is 10.7. The van der Waals surface area contributed by atoms with Gasteiger partial charge in [-0.15, -0.1) is 11.6 Å². The van der Waals surface area contributed by atoms with Crippen molar-refractivity contribution in [1.29, 1.82) is 0 Å². The van der Waals surface area contributed by atoms with E-state index in [0.29, 0.717) is 0 Å². The average Bonchev–Trinajstić information content (AvgIpc) is 1.86. The largest absolute Gasteiger partial charge is 0.397 e. The van der Waals surface area contributed by atoms with E-state index in [9.17, 15) is 13.2 Å². The fraction of sp³-hybridized carbons (Fsp3) is 0.167. The first-order valence-electron chi connectivity index (χ1n) is 2.61. The van der Waals surface area contributed by atoms with Crippen molar-refractivity contribution >= 4 is 11.6 Å². The third-order valence-electron chi connectivity index (χ3n) is 0.980. The first-order valence-corrected chi connectivity index (χ1v) is 2.99. The topological polar surface area (TPSA) is 12.9 Å². The minimum absolute atomic E-state index is 0. The van der Waals surface area contributed by atoms with Gasteiger partial charge in [0.1, 0.15) is 0 Å². The molecule has 0 aliphatic heterocycles. The Morgan fingerprint density at radius 1 is 1.42 bits per heavy atom. The molecule has 0 N–H and O–H groups in total. The van der Waals surface area contributed by atoms with E-state index >= 15 is 0 Å². The SMILES string of the molecule is FC(F)(F)c1[c-]ccnc1Cl.[Mn]. The van der Waals surface area contributed by atoms with Crippen LogP contribution in [-0.2, 0) is 23.2 Å². The van der Waals surface area contributed by atoms with Crippen molar-refractivity contribution in [2.45, 2.75) is 6.18 Å². The van der Waals surface area contributed by atoms with Crippen molar-refractivity contribution in [2.75, 3.05) is 0 Å². The van der Waals surface area contributed by atoms with Crippen molar-refractivity contribution in [1.82, 2.24) is 4.98 Å². The van der Waals surface area contributed by atoms with E-state index in [2.05, 4.69) is 4.98 Å². The Balaban J connectivity index is 0.00000121. The molecular formula is C6H2ClF3MnN-. The predicted molar refractivity (Wildman–Crippen MR) is 33.1 cm³/mol. The van der Waals surface area contributed by atoms with Gasteiger partial charge in [0.05, 0.1) is 0 Å². The molecule has 0 unspecified atom stereocenters. The molecule has 1 heterocycles. The van der Waals surface area contributed by atoms with E-state index in [1.807, 2.05) is 6.07 Å². The average molecular weight is 235 g/mol. The molecule has 1 rings (SSSR count). The summed E-state index contributed by atoms with van der Waals surface area (Å²) in [6.07, 6.45) is -3.32. The fourth-order valence-corrected chi connectivity index (χ4v) is 0.764. The Labute approximate surface area is 82.4 Å². The molecule has 0 aliphatic carbocycles. The number of hydrogen-bond donors (Lipinski definition) is 0. The molecule has 0 saturated heterocycles. The maximum Gasteiger partial charge on any atom is 0.397 e. The summed E-state index contributed by atoms with van der Waals surface area (Å²) < 4.78 is 35.7. The maximum absolute atomic E-state index is 11.9. The number of pyridine rings is 1. The molecule has 0 fully saturated rings. The van der Waals surface area contributed by atoms with Crippen molar-refractivity contribution in [3.05, 3.63) is 29.0 Å². The summed E-state index contributed by atoms with van der Waals surface area (Å²) in [4.78, 5) is 3.26. The molecule has 0 aromatic carbocycles. The molecule has 0 saturated carbocycles. The van der Waals surface area contributed by atoms with E-state index in [1.165, 1.54) is 0 Å². The van der Waals surface area contributed by atoms with Gasteiger partial charge in [0.15, 0.2) is 0 Å². The molecule has 67 valence electrons. The first-order chi connectivity index (χ1) is 5.02. The maximum atomic E-state index is 11.9. The van der Waals surface area contributed by atoms with Gasteiger partial charge in [-0.1, -0.05) is 6.20 Å². The molecule has 0 aliphatic rings. The van der Waals surface area contributed by atoms with Crippen molar-refractivity contribution in [2.24, 2.45) is 0 Å². The molecule has 0 bridgehead atoms. The molecule has 1 nitrogen and oxygen atoms in total. The van der Waals surface area contributed by atoms with Gasteiger partial charge in [-0.3, -0.25) is 0 Å². The van der Waals surface area contributed by atoms with E-state index < -0.39 is 16.9 Å². The molecule has 0 atom stereocenters. The van der Waals surface area contributed by atoms with Crippen LogP contribution in [0.2, 0.25) is 5.15 Å². The molecule has 1 radical (unpaired) electrons. The molecule has 1 aromatic rings. The molecular weight excluding hydrogens is 233 g/mol. The van der Waals surface area contributed by atoms with Crippen LogP contribution in [0.3, 0.4) is 0 Å². The van der Waals surface area contributed by atoms with Crippen LogP contribution in [-0.4, -0.2) is 4.98 Å². The summed E-state index contributed by atoms with van der Waals surface area (Å²) in [6.45, 7) is 0. The Morgan fingerprint density at radius 2 is 2.00 bits per heavy atom. The summed E-state index contributed by atoms with van der Waals surface area (Å²) in [5, 5.41) is -0.569. The van der Waals surface area contributed by atoms with Crippen LogP contribution in [0.15, 0.2) is 12.3 Å². The second kappa shape index (κ2) is 4.12. The smallest absolute Gasteiger partial charge is 0.372 e. The van der Waals surface area contributed by atoms with Gasteiger partial charge in [0, 0.05) is 22.2 Å². The molecule has 1 aromatic heterocycles. The zero-order valence-corrected chi connectivity index (χ0v) is 7.43. The number of rotatable bonds is 0. The minimum Gasteiger partial charge on any atom is -0.372 e. The van der Waals surface area contributed by atoms with Crippen LogP contribution in [0, 0.1) is 6.07 Å². The van der Waals surface area contributed by atoms with Crippen LogP contribution in [0.1, 0.15) is 5.56 Å². The predicted octanol–water partition coefficient (Wildman–Crippen LogP) is 2.55. The molecule has 12 heavy (non-hydrogen) atoms. The Kier molecular flexibility index (Phi) is 4.03. The van der Waals surface area contributed by atoms with E-state index in [0.717, 1.165) is 12.3 Å². The fourth-order valence-electron chi connectivity index (χ4n) is 0.546. The number of hydrogen-bond acceptors (Lipinski definition) is 1. The zero-order valence-electron chi connectivity index (χ0n) is 5.49. The minimum atomic E-state index is -4.47. The third kappa shape index (κ3) is 2.66. The van der Waals surface area contributed by atoms with Crippen LogP contribution in [0.25, 0.3) is 0 Å². The number of aromatic nitrogens is 1. The van der Waals surface area contributed by atoms with Gasteiger partial charge in [0.2, 0.25) is 0 Å². The summed E-state index contributed by atoms with van der Waals surface area (Å²) in [7, 11) is 0. The van der Waals surface area contributed by atoms with E-state index in [1.54, 1.807) is 0 Å². The Bertz CT molecular complexity index is 263.